The first-order valence-corrected chi connectivity index (χ1v) is 11.4. The Hall–Kier alpha value is -2.29. The average Bonchev–Trinajstić information content (AvgIpc) is 2.77. The maximum Gasteiger partial charge on any atom is 0.338 e. The Kier molecular flexibility index (Phi) is 8.03. The number of nitrogens with one attached hydrogen (secondary N) is 1. The van der Waals surface area contributed by atoms with E-state index in [9.17, 15) is 14.4 Å². The molecule has 1 fully saturated rings. The van der Waals surface area contributed by atoms with Gasteiger partial charge in [-0.1, -0.05) is 36.2 Å². The van der Waals surface area contributed by atoms with Crippen LogP contribution < -0.4 is 5.32 Å². The van der Waals surface area contributed by atoms with E-state index in [-0.39, 0.29) is 18.5 Å². The molecule has 0 spiro atoms. The van der Waals surface area contributed by atoms with Crippen molar-refractivity contribution in [3.8, 4) is 0 Å². The molecular formula is C22H28Cl2N4O4. The molecule has 3 amide bonds. The summed E-state index contributed by atoms with van der Waals surface area (Å²) < 4.78 is 5.35. The number of carbonyl (C=O) groups excluding carboxylic acids is 3. The monoisotopic (exact) mass is 482 g/mol. The first-order chi connectivity index (χ1) is 15.3. The molecule has 8 nitrogen and oxygen atoms in total. The van der Waals surface area contributed by atoms with Crippen molar-refractivity contribution in [2.45, 2.75) is 26.3 Å². The van der Waals surface area contributed by atoms with Gasteiger partial charge in [0.2, 0.25) is 5.91 Å². The number of esters is 1. The zero-order valence-electron chi connectivity index (χ0n) is 18.5. The van der Waals surface area contributed by atoms with Crippen LogP contribution in [0.25, 0.3) is 0 Å². The topological polar surface area (TPSA) is 82.2 Å². The Balaban J connectivity index is 1.96. The van der Waals surface area contributed by atoms with Crippen LogP contribution in [0.2, 0.25) is 10.0 Å². The fraction of sp³-hybridized carbons (Fsp3) is 0.500. The summed E-state index contributed by atoms with van der Waals surface area (Å²) in [6.45, 7) is 6.66. The molecule has 3 rings (SSSR count). The van der Waals surface area contributed by atoms with Gasteiger partial charge in [-0.2, -0.15) is 0 Å². The summed E-state index contributed by atoms with van der Waals surface area (Å²) in [5, 5.41) is 3.66. The van der Waals surface area contributed by atoms with Crippen LogP contribution in [-0.2, 0) is 14.3 Å². The van der Waals surface area contributed by atoms with Crippen molar-refractivity contribution in [3.63, 3.8) is 0 Å². The molecule has 1 aromatic carbocycles. The van der Waals surface area contributed by atoms with Crippen LogP contribution in [0, 0.1) is 0 Å². The van der Waals surface area contributed by atoms with E-state index in [1.807, 2.05) is 11.8 Å². The Morgan fingerprint density at radius 1 is 1.16 bits per heavy atom. The Bertz CT molecular complexity index is 929. The highest BCUT2D eigenvalue weighted by Gasteiger charge is 2.38. The van der Waals surface area contributed by atoms with E-state index in [0.717, 1.165) is 0 Å². The van der Waals surface area contributed by atoms with Crippen molar-refractivity contribution >= 4 is 41.1 Å². The lowest BCUT2D eigenvalue weighted by Gasteiger charge is -2.39. The number of hydrogen-bond donors (Lipinski definition) is 1. The van der Waals surface area contributed by atoms with E-state index in [0.29, 0.717) is 66.0 Å². The minimum atomic E-state index is -0.763. The lowest BCUT2D eigenvalue weighted by atomic mass is 9.94. The van der Waals surface area contributed by atoms with Gasteiger partial charge >= 0.3 is 12.0 Å². The summed E-state index contributed by atoms with van der Waals surface area (Å²) >= 11 is 12.5. The minimum absolute atomic E-state index is 0.127. The fourth-order valence-electron chi connectivity index (χ4n) is 3.96. The van der Waals surface area contributed by atoms with Crippen molar-refractivity contribution in [3.05, 3.63) is 45.1 Å². The molecule has 0 unspecified atom stereocenters. The molecule has 2 heterocycles. The van der Waals surface area contributed by atoms with Crippen molar-refractivity contribution in [1.29, 1.82) is 0 Å². The Morgan fingerprint density at radius 3 is 2.44 bits per heavy atom. The highest BCUT2D eigenvalue weighted by Crippen LogP contribution is 2.36. The summed E-state index contributed by atoms with van der Waals surface area (Å²) in [6, 6.07) is 3.84. The second-order valence-electron chi connectivity index (χ2n) is 7.70. The summed E-state index contributed by atoms with van der Waals surface area (Å²) in [5.74, 6) is -0.382. The molecule has 1 atom stereocenters. The molecule has 2 aliphatic heterocycles. The molecule has 1 saturated heterocycles. The lowest BCUT2D eigenvalue weighted by Crippen LogP contribution is -2.53. The number of carbonyl (C=O) groups is 3. The third-order valence-electron chi connectivity index (χ3n) is 5.75. The zero-order valence-corrected chi connectivity index (χ0v) is 20.0. The average molecular weight is 483 g/mol. The first-order valence-electron chi connectivity index (χ1n) is 10.7. The quantitative estimate of drug-likeness (QED) is 0.630. The van der Waals surface area contributed by atoms with Gasteiger partial charge in [0.15, 0.2) is 0 Å². The van der Waals surface area contributed by atoms with Crippen molar-refractivity contribution in [2.24, 2.45) is 0 Å². The van der Waals surface area contributed by atoms with Crippen molar-refractivity contribution in [1.82, 2.24) is 20.0 Å². The second kappa shape index (κ2) is 10.6. The lowest BCUT2D eigenvalue weighted by molar-refractivity contribution is -0.139. The normalized spacial score (nSPS) is 19.8. The van der Waals surface area contributed by atoms with Gasteiger partial charge in [0.05, 0.1) is 18.2 Å². The molecule has 1 aromatic rings. The van der Waals surface area contributed by atoms with Gasteiger partial charge in [0, 0.05) is 61.9 Å². The molecule has 0 aliphatic carbocycles. The number of amides is 3. The van der Waals surface area contributed by atoms with Crippen LogP contribution >= 0.6 is 23.2 Å². The summed E-state index contributed by atoms with van der Waals surface area (Å²) in [4.78, 5) is 43.2. The third kappa shape index (κ3) is 5.19. The van der Waals surface area contributed by atoms with E-state index in [2.05, 4.69) is 10.2 Å². The van der Waals surface area contributed by atoms with Gasteiger partial charge in [0.1, 0.15) is 0 Å². The van der Waals surface area contributed by atoms with E-state index < -0.39 is 12.0 Å². The number of hydrogen-bond acceptors (Lipinski definition) is 5. The van der Waals surface area contributed by atoms with Crippen molar-refractivity contribution in [2.75, 3.05) is 46.4 Å². The molecule has 174 valence electrons. The maximum atomic E-state index is 13.0. The predicted octanol–water partition coefficient (Wildman–Crippen LogP) is 3.06. The van der Waals surface area contributed by atoms with Crippen molar-refractivity contribution < 1.29 is 19.1 Å². The second-order valence-corrected chi connectivity index (χ2v) is 8.54. The molecule has 10 heteroatoms. The number of ether oxygens (including phenoxy) is 1. The van der Waals surface area contributed by atoms with Crippen LogP contribution in [0.15, 0.2) is 29.5 Å². The summed E-state index contributed by atoms with van der Waals surface area (Å²) in [5.41, 5.74) is 1.46. The molecular weight excluding hydrogens is 455 g/mol. The summed E-state index contributed by atoms with van der Waals surface area (Å²) in [7, 11) is 1.63. The number of likely N-dealkylation sites (N-methyl/N-ethyl adjacent to an activating group) is 1. The molecule has 32 heavy (non-hydrogen) atoms. The smallest absolute Gasteiger partial charge is 0.338 e. The highest BCUT2D eigenvalue weighted by atomic mass is 35.5. The van der Waals surface area contributed by atoms with Gasteiger partial charge in [-0.25, -0.2) is 9.59 Å². The zero-order chi connectivity index (χ0) is 23.4. The van der Waals surface area contributed by atoms with Crippen LogP contribution in [0.1, 0.15) is 31.9 Å². The van der Waals surface area contributed by atoms with Gasteiger partial charge in [-0.3, -0.25) is 14.6 Å². The standard InChI is InChI=1S/C22H28Cl2N4O4/c1-4-18(29)28-10-8-27(9-11-28)13-17-19(21(30)32-5-2)20(25-22(31)26(17)3)15-7-6-14(23)12-16(15)24/h6-7,12,20H,4-5,8-11,13H2,1-3H3,(H,25,31)/t20-/m1/s1. The number of nitrogens with zero attached hydrogens (tertiary/aromatic N) is 3. The van der Waals surface area contributed by atoms with E-state index in [1.54, 1.807) is 32.2 Å². The third-order valence-corrected chi connectivity index (χ3v) is 6.31. The molecule has 1 N–H and O–H groups in total. The number of piperazine rings is 1. The number of benzene rings is 1. The maximum absolute atomic E-state index is 13.0. The number of halogens is 2. The van der Waals surface area contributed by atoms with Crippen LogP contribution in [0.4, 0.5) is 4.79 Å². The largest absolute Gasteiger partial charge is 0.463 e. The highest BCUT2D eigenvalue weighted by molar-refractivity contribution is 6.35. The van der Waals surface area contributed by atoms with E-state index in [1.165, 1.54) is 4.90 Å². The molecule has 0 bridgehead atoms. The van der Waals surface area contributed by atoms with E-state index >= 15 is 0 Å². The first kappa shape index (κ1) is 24.4. The van der Waals surface area contributed by atoms with Crippen LogP contribution in [-0.4, -0.2) is 79.0 Å². The molecule has 0 saturated carbocycles. The fourth-order valence-corrected chi connectivity index (χ4v) is 4.48. The van der Waals surface area contributed by atoms with Gasteiger partial charge in [0.25, 0.3) is 0 Å². The SMILES string of the molecule is CCOC(=O)C1=C(CN2CCN(C(=O)CC)CC2)N(C)C(=O)N[C@@H]1c1ccc(Cl)cc1Cl. The number of rotatable bonds is 6. The molecule has 0 aromatic heterocycles. The molecule has 0 radical (unpaired) electrons. The van der Waals surface area contributed by atoms with Gasteiger partial charge in [-0.15, -0.1) is 0 Å². The molecule has 2 aliphatic rings. The minimum Gasteiger partial charge on any atom is -0.463 e. The predicted molar refractivity (Wildman–Crippen MR) is 122 cm³/mol. The van der Waals surface area contributed by atoms with E-state index in [4.69, 9.17) is 27.9 Å². The Morgan fingerprint density at radius 2 is 1.84 bits per heavy atom. The summed E-state index contributed by atoms with van der Waals surface area (Å²) in [6.07, 6.45) is 0.477. The number of urea groups is 1. The van der Waals surface area contributed by atoms with Crippen LogP contribution in [0.5, 0.6) is 0 Å². The Labute approximate surface area is 198 Å². The van der Waals surface area contributed by atoms with Crippen LogP contribution in [0.3, 0.4) is 0 Å². The van der Waals surface area contributed by atoms with Gasteiger partial charge in [-0.05, 0) is 24.6 Å². The van der Waals surface area contributed by atoms with Gasteiger partial charge < -0.3 is 15.0 Å².